The van der Waals surface area contributed by atoms with E-state index >= 15 is 0 Å². The van der Waals surface area contributed by atoms with Crippen LogP contribution in [-0.2, 0) is 0 Å². The average molecular weight is 187 g/mol. The van der Waals surface area contributed by atoms with Gasteiger partial charge in [-0.1, -0.05) is 26.2 Å². The lowest BCUT2D eigenvalue weighted by atomic mass is 9.95. The van der Waals surface area contributed by atoms with Crippen LogP contribution in [0.15, 0.2) is 0 Å². The van der Waals surface area contributed by atoms with E-state index in [0.717, 1.165) is 6.04 Å². The molecule has 0 amide bonds. The first-order valence-corrected chi connectivity index (χ1v) is 11.4. The van der Waals surface area contributed by atoms with Gasteiger partial charge in [-0.05, 0) is 19.4 Å². The van der Waals surface area contributed by atoms with E-state index in [9.17, 15) is 0 Å². The maximum absolute atomic E-state index is 2.81. The van der Waals surface area contributed by atoms with Crippen LogP contribution < -0.4 is 0 Å². The lowest BCUT2D eigenvalue weighted by molar-refractivity contribution is 0.269. The Morgan fingerprint density at radius 1 is 1.36 bits per heavy atom. The van der Waals surface area contributed by atoms with E-state index in [1.807, 2.05) is 0 Å². The summed E-state index contributed by atoms with van der Waals surface area (Å²) >= 11 is 0. The minimum Gasteiger partial charge on any atom is -0.330 e. The van der Waals surface area contributed by atoms with Crippen molar-refractivity contribution in [3.63, 3.8) is 0 Å². The highest BCUT2D eigenvalue weighted by atomic mass is 29.1. The minimum absolute atomic E-state index is 0.255. The third-order valence-corrected chi connectivity index (χ3v) is 7.12. The van der Waals surface area contributed by atoms with Gasteiger partial charge < -0.3 is 4.57 Å². The highest BCUT2D eigenvalue weighted by Gasteiger charge is 2.17. The summed E-state index contributed by atoms with van der Waals surface area (Å²) in [6, 6.07) is 1.01. The lowest BCUT2D eigenvalue weighted by Gasteiger charge is -2.32. The molecule has 0 spiro atoms. The molecule has 1 aliphatic carbocycles. The predicted octanol–water partition coefficient (Wildman–Crippen LogP) is 0.00520. The average Bonchev–Trinajstić information content (AvgIpc) is 2.09. The molecule has 0 radical (unpaired) electrons. The molecule has 1 rings (SSSR count). The van der Waals surface area contributed by atoms with Gasteiger partial charge in [0, 0.05) is 15.8 Å². The fourth-order valence-corrected chi connectivity index (χ4v) is 6.41. The van der Waals surface area contributed by atoms with Crippen LogP contribution in [0.25, 0.3) is 0 Å². The van der Waals surface area contributed by atoms with Crippen LogP contribution in [0.1, 0.15) is 39.0 Å². The molecule has 0 aliphatic heterocycles. The summed E-state index contributed by atoms with van der Waals surface area (Å²) in [6.45, 7) is 3.67. The van der Waals surface area contributed by atoms with Crippen LogP contribution >= 0.6 is 0 Å². The van der Waals surface area contributed by atoms with E-state index < -0.39 is 0 Å². The molecule has 0 saturated heterocycles. The summed E-state index contributed by atoms with van der Waals surface area (Å²) in [7, 11) is 1.74. The first kappa shape index (κ1) is 9.48. The zero-order chi connectivity index (χ0) is 8.10. The first-order valence-electron chi connectivity index (χ1n) is 5.12. The maximum Gasteiger partial charge on any atom is 0.0759 e. The lowest BCUT2D eigenvalue weighted by Crippen LogP contribution is -2.39. The summed E-state index contributed by atoms with van der Waals surface area (Å²) in [4.78, 5) is 0. The Morgan fingerprint density at radius 2 is 2.00 bits per heavy atom. The summed E-state index contributed by atoms with van der Waals surface area (Å²) < 4.78 is 2.81. The molecule has 3 heteroatoms. The van der Waals surface area contributed by atoms with Crippen LogP contribution in [-0.4, -0.2) is 36.1 Å². The maximum atomic E-state index is 2.81. The van der Waals surface area contributed by atoms with Crippen molar-refractivity contribution in [1.82, 2.24) is 4.57 Å². The second-order valence-electron chi connectivity index (χ2n) is 3.51. The Labute approximate surface area is 75.7 Å². The Morgan fingerprint density at radius 3 is 2.45 bits per heavy atom. The normalized spacial score (nSPS) is 22.4. The Bertz CT molecular complexity index is 98.3. The Kier molecular flexibility index (Phi) is 4.41. The summed E-state index contributed by atoms with van der Waals surface area (Å²) in [6.07, 6.45) is 7.50. The summed E-state index contributed by atoms with van der Waals surface area (Å²) in [5.74, 6) is 0. The molecule has 1 fully saturated rings. The van der Waals surface area contributed by atoms with Gasteiger partial charge in [0.15, 0.2) is 0 Å². The standard InChI is InChI=1S/C8H21NSi2/c1-2-9(11-10)8-6-4-3-5-7-8/h8H,2-7,11H2,1,10H3. The van der Waals surface area contributed by atoms with Gasteiger partial charge in [-0.15, -0.1) is 0 Å². The van der Waals surface area contributed by atoms with Gasteiger partial charge in [0.25, 0.3) is 0 Å². The van der Waals surface area contributed by atoms with Gasteiger partial charge in [-0.25, -0.2) is 0 Å². The van der Waals surface area contributed by atoms with E-state index in [2.05, 4.69) is 11.5 Å². The van der Waals surface area contributed by atoms with Crippen molar-refractivity contribution in [2.24, 2.45) is 0 Å². The van der Waals surface area contributed by atoms with Gasteiger partial charge in [0.05, 0.1) is 9.20 Å². The van der Waals surface area contributed by atoms with Gasteiger partial charge in [0.2, 0.25) is 0 Å². The Balaban J connectivity index is 2.30. The smallest absolute Gasteiger partial charge is 0.0759 e. The van der Waals surface area contributed by atoms with E-state index in [1.54, 1.807) is 0 Å². The van der Waals surface area contributed by atoms with Crippen molar-refractivity contribution in [3.8, 4) is 0 Å². The topological polar surface area (TPSA) is 3.24 Å². The molecule has 1 nitrogen and oxygen atoms in total. The van der Waals surface area contributed by atoms with Crippen LogP contribution in [0.5, 0.6) is 0 Å². The molecule has 0 aromatic rings. The number of rotatable bonds is 3. The molecule has 0 unspecified atom stereocenters. The monoisotopic (exact) mass is 187 g/mol. The molecular weight excluding hydrogens is 166 g/mol. The van der Waals surface area contributed by atoms with Gasteiger partial charge >= 0.3 is 0 Å². The first-order chi connectivity index (χ1) is 5.38. The number of nitrogens with zero attached hydrogens (tertiary/aromatic N) is 1. The molecule has 0 N–H and O–H groups in total. The minimum atomic E-state index is 0.255. The molecular formula is C8H21NSi2. The zero-order valence-corrected chi connectivity index (χ0v) is 11.4. The van der Waals surface area contributed by atoms with Crippen molar-refractivity contribution in [1.29, 1.82) is 0 Å². The second-order valence-corrected chi connectivity index (χ2v) is 6.86. The SMILES string of the molecule is CCN([SiH2][SiH3])C1CCCCC1. The quantitative estimate of drug-likeness (QED) is 0.563. The molecule has 0 atom stereocenters. The Hall–Kier alpha value is 0.394. The highest BCUT2D eigenvalue weighted by Crippen LogP contribution is 2.21. The van der Waals surface area contributed by atoms with Crippen molar-refractivity contribution >= 4 is 19.0 Å². The van der Waals surface area contributed by atoms with E-state index in [0.29, 0.717) is 0 Å². The zero-order valence-electron chi connectivity index (χ0n) is 7.97. The fourth-order valence-electron chi connectivity index (χ4n) is 2.19. The highest BCUT2D eigenvalue weighted by molar-refractivity contribution is 6.87. The second kappa shape index (κ2) is 5.11. The van der Waals surface area contributed by atoms with E-state index in [1.165, 1.54) is 48.4 Å². The van der Waals surface area contributed by atoms with Gasteiger partial charge in [-0.2, -0.15) is 0 Å². The van der Waals surface area contributed by atoms with Crippen molar-refractivity contribution in [2.75, 3.05) is 6.54 Å². The van der Waals surface area contributed by atoms with Crippen LogP contribution in [0.2, 0.25) is 0 Å². The summed E-state index contributed by atoms with van der Waals surface area (Å²) in [5.41, 5.74) is 0. The van der Waals surface area contributed by atoms with Gasteiger partial charge in [0.1, 0.15) is 0 Å². The van der Waals surface area contributed by atoms with Crippen LogP contribution in [0, 0.1) is 0 Å². The number of hydrogen-bond acceptors (Lipinski definition) is 1. The van der Waals surface area contributed by atoms with Crippen LogP contribution in [0.3, 0.4) is 0 Å². The molecule has 1 aliphatic rings. The number of hydrogen-bond donors (Lipinski definition) is 0. The van der Waals surface area contributed by atoms with E-state index in [-0.39, 0.29) is 9.20 Å². The third-order valence-electron chi connectivity index (χ3n) is 2.90. The molecule has 0 aromatic carbocycles. The van der Waals surface area contributed by atoms with E-state index in [4.69, 9.17) is 0 Å². The predicted molar refractivity (Wildman–Crippen MR) is 57.7 cm³/mol. The molecule has 11 heavy (non-hydrogen) atoms. The third kappa shape index (κ3) is 2.72. The van der Waals surface area contributed by atoms with Crippen LogP contribution in [0.4, 0.5) is 0 Å². The van der Waals surface area contributed by atoms with Crippen molar-refractivity contribution in [3.05, 3.63) is 0 Å². The molecule has 1 saturated carbocycles. The van der Waals surface area contributed by atoms with Crippen molar-refractivity contribution < 1.29 is 0 Å². The molecule has 0 heterocycles. The molecule has 0 aromatic heterocycles. The largest absolute Gasteiger partial charge is 0.330 e. The van der Waals surface area contributed by atoms with Crippen molar-refractivity contribution in [2.45, 2.75) is 45.1 Å². The van der Waals surface area contributed by atoms with Gasteiger partial charge in [-0.3, -0.25) is 0 Å². The molecule has 0 bridgehead atoms. The summed E-state index contributed by atoms with van der Waals surface area (Å²) in [5, 5.41) is 0. The molecule has 66 valence electrons. The fraction of sp³-hybridized carbons (Fsp3) is 1.00.